The molecule has 156 valence electrons. The quantitative estimate of drug-likeness (QED) is 0.158. The number of carbonyl (C=O) groups is 1. The van der Waals surface area contributed by atoms with Gasteiger partial charge in [-0.1, -0.05) is 42.5 Å². The van der Waals surface area contributed by atoms with E-state index in [2.05, 4.69) is 0 Å². The Balaban J connectivity index is 1.70. The number of ether oxygens (including phenoxy) is 1. The number of nitrogens with zero attached hydrogens (tertiary/aromatic N) is 1. The van der Waals surface area contributed by atoms with Gasteiger partial charge in [0.15, 0.2) is 0 Å². The summed E-state index contributed by atoms with van der Waals surface area (Å²) in [7, 11) is 0. The highest BCUT2D eigenvalue weighted by Gasteiger charge is 2.08. The van der Waals surface area contributed by atoms with Gasteiger partial charge in [-0.2, -0.15) is 0 Å². The standard InChI is InChI=1S/C24H17F2NO4/c25-19-9-5-17(6-10-19)23(18-7-11-20(26)12-8-18)3-1-2-4-24(28)31-22-15-13-21(14-16-22)27(29)30/h1-3,5-16H,4H2/b2-1+. The van der Waals surface area contributed by atoms with Crippen LogP contribution in [0.2, 0.25) is 0 Å². The molecule has 0 aliphatic heterocycles. The smallest absolute Gasteiger partial charge is 0.315 e. The number of carbonyl (C=O) groups excluding carboxylic acids is 1. The van der Waals surface area contributed by atoms with Crippen molar-refractivity contribution in [1.29, 1.82) is 0 Å². The Morgan fingerprint density at radius 1 is 0.871 bits per heavy atom. The van der Waals surface area contributed by atoms with Crippen molar-refractivity contribution >= 4 is 17.2 Å². The van der Waals surface area contributed by atoms with Crippen LogP contribution in [0.25, 0.3) is 5.57 Å². The van der Waals surface area contributed by atoms with Crippen LogP contribution in [0.3, 0.4) is 0 Å². The van der Waals surface area contributed by atoms with Crippen molar-refractivity contribution < 1.29 is 23.2 Å². The number of hydrogen-bond acceptors (Lipinski definition) is 4. The summed E-state index contributed by atoms with van der Waals surface area (Å²) >= 11 is 0. The van der Waals surface area contributed by atoms with Gasteiger partial charge in [0.2, 0.25) is 0 Å². The van der Waals surface area contributed by atoms with Gasteiger partial charge in [-0.3, -0.25) is 14.9 Å². The van der Waals surface area contributed by atoms with Crippen LogP contribution in [-0.4, -0.2) is 10.9 Å². The highest BCUT2D eigenvalue weighted by atomic mass is 19.1. The number of benzene rings is 3. The second-order valence-electron chi connectivity index (χ2n) is 6.45. The Hall–Kier alpha value is -4.13. The van der Waals surface area contributed by atoms with E-state index in [1.54, 1.807) is 42.5 Å². The van der Waals surface area contributed by atoms with Crippen LogP contribution >= 0.6 is 0 Å². The first-order chi connectivity index (χ1) is 14.9. The largest absolute Gasteiger partial charge is 0.426 e. The number of esters is 1. The second kappa shape index (κ2) is 10.1. The molecule has 0 atom stereocenters. The van der Waals surface area contributed by atoms with Crippen molar-refractivity contribution in [3.05, 3.63) is 124 Å². The van der Waals surface area contributed by atoms with Crippen LogP contribution < -0.4 is 4.74 Å². The number of allylic oxidation sites excluding steroid dienone is 2. The molecule has 0 fully saturated rings. The lowest BCUT2D eigenvalue weighted by Gasteiger charge is -2.08. The van der Waals surface area contributed by atoms with Crippen LogP contribution in [0.4, 0.5) is 14.5 Å². The molecule has 0 saturated heterocycles. The third-order valence-corrected chi connectivity index (χ3v) is 4.27. The molecule has 5 nitrogen and oxygen atoms in total. The molecule has 0 spiro atoms. The van der Waals surface area contributed by atoms with Crippen LogP contribution in [0.5, 0.6) is 5.75 Å². The number of hydrogen-bond donors (Lipinski definition) is 0. The minimum absolute atomic E-state index is 0.0341. The molecule has 0 N–H and O–H groups in total. The molecule has 31 heavy (non-hydrogen) atoms. The summed E-state index contributed by atoms with van der Waals surface area (Å²) in [6.45, 7) is 0. The fraction of sp³-hybridized carbons (Fsp3) is 0.0417. The third-order valence-electron chi connectivity index (χ3n) is 4.27. The Kier molecular flexibility index (Phi) is 7.01. The van der Waals surface area contributed by atoms with Gasteiger partial charge >= 0.3 is 5.97 Å². The van der Waals surface area contributed by atoms with E-state index in [-0.39, 0.29) is 29.5 Å². The predicted octanol–water partition coefficient (Wildman–Crippen LogP) is 5.86. The average Bonchev–Trinajstić information content (AvgIpc) is 2.76. The van der Waals surface area contributed by atoms with Crippen molar-refractivity contribution in [2.24, 2.45) is 0 Å². The molecule has 3 rings (SSSR count). The van der Waals surface area contributed by atoms with Gasteiger partial charge < -0.3 is 4.74 Å². The normalized spacial score (nSPS) is 10.6. The van der Waals surface area contributed by atoms with Crippen molar-refractivity contribution in [3.63, 3.8) is 0 Å². The molecule has 0 radical (unpaired) electrons. The Morgan fingerprint density at radius 2 is 1.39 bits per heavy atom. The fourth-order valence-corrected chi connectivity index (χ4v) is 2.76. The summed E-state index contributed by atoms with van der Waals surface area (Å²) in [6.07, 6.45) is 4.94. The van der Waals surface area contributed by atoms with Crippen LogP contribution in [0, 0.1) is 21.7 Å². The van der Waals surface area contributed by atoms with E-state index < -0.39 is 10.9 Å². The molecule has 0 bridgehead atoms. The maximum absolute atomic E-state index is 13.3. The summed E-state index contributed by atoms with van der Waals surface area (Å²) in [5, 5.41) is 10.6. The first kappa shape index (κ1) is 21.6. The maximum atomic E-state index is 13.3. The van der Waals surface area contributed by atoms with E-state index in [1.165, 1.54) is 48.5 Å². The molecule has 0 heterocycles. The summed E-state index contributed by atoms with van der Waals surface area (Å²) < 4.78 is 31.7. The Morgan fingerprint density at radius 3 is 1.87 bits per heavy atom. The van der Waals surface area contributed by atoms with Gasteiger partial charge in [-0.05, 0) is 53.1 Å². The first-order valence-electron chi connectivity index (χ1n) is 9.26. The minimum Gasteiger partial charge on any atom is -0.426 e. The van der Waals surface area contributed by atoms with E-state index in [0.717, 1.165) is 16.7 Å². The molecule has 0 aliphatic rings. The average molecular weight is 421 g/mol. The summed E-state index contributed by atoms with van der Waals surface area (Å²) in [4.78, 5) is 22.1. The van der Waals surface area contributed by atoms with Gasteiger partial charge in [-0.15, -0.1) is 0 Å². The molecule has 0 unspecified atom stereocenters. The number of nitro benzene ring substituents is 1. The van der Waals surface area contributed by atoms with Crippen LogP contribution in [0.15, 0.2) is 91.0 Å². The van der Waals surface area contributed by atoms with E-state index in [9.17, 15) is 23.7 Å². The predicted molar refractivity (Wildman–Crippen MR) is 112 cm³/mol. The molecular weight excluding hydrogens is 404 g/mol. The van der Waals surface area contributed by atoms with Gasteiger partial charge in [0.1, 0.15) is 17.4 Å². The zero-order chi connectivity index (χ0) is 22.2. The number of nitro groups is 1. The van der Waals surface area contributed by atoms with Gasteiger partial charge in [-0.25, -0.2) is 8.78 Å². The zero-order valence-corrected chi connectivity index (χ0v) is 16.2. The Labute approximate surface area is 177 Å². The summed E-state index contributed by atoms with van der Waals surface area (Å²) in [5.74, 6) is -1.07. The molecule has 0 saturated carbocycles. The van der Waals surface area contributed by atoms with Crippen molar-refractivity contribution in [1.82, 2.24) is 0 Å². The zero-order valence-electron chi connectivity index (χ0n) is 16.2. The molecule has 0 amide bonds. The number of non-ortho nitro benzene ring substituents is 1. The van der Waals surface area contributed by atoms with Gasteiger partial charge in [0.05, 0.1) is 11.3 Å². The highest BCUT2D eigenvalue weighted by molar-refractivity contribution is 5.81. The lowest BCUT2D eigenvalue weighted by Crippen LogP contribution is -2.06. The number of halogens is 2. The van der Waals surface area contributed by atoms with Crippen LogP contribution in [-0.2, 0) is 4.79 Å². The molecule has 0 aliphatic carbocycles. The van der Waals surface area contributed by atoms with Gasteiger partial charge in [0, 0.05) is 12.1 Å². The van der Waals surface area contributed by atoms with E-state index in [1.807, 2.05) is 0 Å². The molecular formula is C24H17F2NO4. The SMILES string of the molecule is O=C(C/C=C/C=C(c1ccc(F)cc1)c1ccc(F)cc1)Oc1ccc([N+](=O)[O-])cc1. The lowest BCUT2D eigenvalue weighted by molar-refractivity contribution is -0.384. The maximum Gasteiger partial charge on any atom is 0.315 e. The highest BCUT2D eigenvalue weighted by Crippen LogP contribution is 2.24. The monoisotopic (exact) mass is 421 g/mol. The van der Waals surface area contributed by atoms with Crippen molar-refractivity contribution in [2.45, 2.75) is 6.42 Å². The molecule has 3 aromatic rings. The molecule has 3 aromatic carbocycles. The van der Waals surface area contributed by atoms with Crippen molar-refractivity contribution in [2.75, 3.05) is 0 Å². The van der Waals surface area contributed by atoms with E-state index in [4.69, 9.17) is 4.74 Å². The Bertz CT molecular complexity index is 1070. The van der Waals surface area contributed by atoms with E-state index in [0.29, 0.717) is 0 Å². The number of rotatable bonds is 7. The van der Waals surface area contributed by atoms with Gasteiger partial charge in [0.25, 0.3) is 5.69 Å². The molecule has 7 heteroatoms. The lowest BCUT2D eigenvalue weighted by atomic mass is 9.97. The third kappa shape index (κ3) is 6.17. The first-order valence-corrected chi connectivity index (χ1v) is 9.26. The van der Waals surface area contributed by atoms with E-state index >= 15 is 0 Å². The summed E-state index contributed by atoms with van der Waals surface area (Å²) in [6, 6.07) is 17.0. The van der Waals surface area contributed by atoms with Crippen molar-refractivity contribution in [3.8, 4) is 5.75 Å². The minimum atomic E-state index is -0.541. The fourth-order valence-electron chi connectivity index (χ4n) is 2.76. The molecule has 0 aromatic heterocycles. The van der Waals surface area contributed by atoms with Crippen LogP contribution in [0.1, 0.15) is 17.5 Å². The summed E-state index contributed by atoms with van der Waals surface area (Å²) in [5.41, 5.74) is 2.08. The second-order valence-corrected chi connectivity index (χ2v) is 6.45. The topological polar surface area (TPSA) is 69.4 Å².